The first-order chi connectivity index (χ1) is 10.5. The second-order valence-electron chi connectivity index (χ2n) is 6.67. The minimum Gasteiger partial charge on any atom is -0.481 e. The first kappa shape index (κ1) is 14.8. The Hall–Kier alpha value is -2.09. The fourth-order valence-electron chi connectivity index (χ4n) is 3.27. The van der Waals surface area contributed by atoms with E-state index in [-0.39, 0.29) is 11.8 Å². The van der Waals surface area contributed by atoms with E-state index >= 15 is 0 Å². The minimum absolute atomic E-state index is 0.134. The number of benzene rings is 2. The van der Waals surface area contributed by atoms with Crippen LogP contribution in [-0.4, -0.2) is 11.1 Å². The van der Waals surface area contributed by atoms with Crippen LogP contribution in [0.5, 0.6) is 0 Å². The van der Waals surface area contributed by atoms with E-state index < -0.39 is 5.97 Å². The lowest BCUT2D eigenvalue weighted by Gasteiger charge is -2.19. The van der Waals surface area contributed by atoms with Crippen LogP contribution in [0.25, 0.3) is 11.1 Å². The molecular weight excluding hydrogens is 272 g/mol. The number of hydrogen-bond acceptors (Lipinski definition) is 1. The van der Waals surface area contributed by atoms with Crippen LogP contribution in [-0.2, 0) is 10.2 Å². The van der Waals surface area contributed by atoms with E-state index in [4.69, 9.17) is 0 Å². The van der Waals surface area contributed by atoms with E-state index in [1.165, 1.54) is 22.3 Å². The molecule has 0 radical (unpaired) electrons. The molecule has 0 atom stereocenters. The number of rotatable bonds is 5. The molecule has 0 aromatic heterocycles. The van der Waals surface area contributed by atoms with Crippen LogP contribution in [0.4, 0.5) is 0 Å². The molecule has 1 N–H and O–H groups in total. The summed E-state index contributed by atoms with van der Waals surface area (Å²) in [7, 11) is 0. The zero-order chi connectivity index (χ0) is 15.7. The zero-order valence-electron chi connectivity index (χ0n) is 13.2. The quantitative estimate of drug-likeness (QED) is 0.844. The SMILES string of the molecule is CC(C)c1ccc(C2(CC(=O)O)CC2)cc1-c1ccccc1. The average molecular weight is 294 g/mol. The highest BCUT2D eigenvalue weighted by atomic mass is 16.4. The highest BCUT2D eigenvalue weighted by Crippen LogP contribution is 2.52. The molecule has 1 aliphatic carbocycles. The van der Waals surface area contributed by atoms with Crippen molar-refractivity contribution in [3.05, 3.63) is 59.7 Å². The molecule has 0 spiro atoms. The van der Waals surface area contributed by atoms with E-state index in [2.05, 4.69) is 56.3 Å². The summed E-state index contributed by atoms with van der Waals surface area (Å²) in [6, 6.07) is 16.9. The fourth-order valence-corrected chi connectivity index (χ4v) is 3.27. The smallest absolute Gasteiger partial charge is 0.304 e. The molecule has 1 aliphatic rings. The molecule has 2 heteroatoms. The summed E-state index contributed by atoms with van der Waals surface area (Å²) in [5.74, 6) is -0.259. The van der Waals surface area contributed by atoms with Crippen molar-refractivity contribution in [3.63, 3.8) is 0 Å². The first-order valence-corrected chi connectivity index (χ1v) is 7.93. The molecule has 3 rings (SSSR count). The number of hydrogen-bond donors (Lipinski definition) is 1. The number of aliphatic carboxylic acids is 1. The third kappa shape index (κ3) is 2.78. The van der Waals surface area contributed by atoms with Crippen molar-refractivity contribution >= 4 is 5.97 Å². The van der Waals surface area contributed by atoms with Crippen molar-refractivity contribution in [2.75, 3.05) is 0 Å². The maximum absolute atomic E-state index is 11.2. The Labute approximate surface area is 131 Å². The van der Waals surface area contributed by atoms with Gasteiger partial charge in [-0.3, -0.25) is 4.79 Å². The second-order valence-corrected chi connectivity index (χ2v) is 6.67. The lowest BCUT2D eigenvalue weighted by molar-refractivity contribution is -0.137. The zero-order valence-corrected chi connectivity index (χ0v) is 13.2. The Morgan fingerprint density at radius 1 is 1.14 bits per heavy atom. The van der Waals surface area contributed by atoms with Gasteiger partial charge in [0, 0.05) is 5.41 Å². The molecule has 0 unspecified atom stereocenters. The molecule has 1 saturated carbocycles. The Bertz CT molecular complexity index is 682. The maximum atomic E-state index is 11.2. The van der Waals surface area contributed by atoms with E-state index in [1.54, 1.807) is 0 Å². The van der Waals surface area contributed by atoms with Gasteiger partial charge in [-0.05, 0) is 41.0 Å². The molecule has 22 heavy (non-hydrogen) atoms. The third-order valence-electron chi connectivity index (χ3n) is 4.72. The Balaban J connectivity index is 2.07. The van der Waals surface area contributed by atoms with E-state index in [1.807, 2.05) is 6.07 Å². The second kappa shape index (κ2) is 5.60. The van der Waals surface area contributed by atoms with Crippen molar-refractivity contribution in [2.45, 2.75) is 44.4 Å². The predicted molar refractivity (Wildman–Crippen MR) is 89.1 cm³/mol. The molecular formula is C20H22O2. The van der Waals surface area contributed by atoms with E-state index in [0.717, 1.165) is 12.8 Å². The van der Waals surface area contributed by atoms with Gasteiger partial charge in [-0.2, -0.15) is 0 Å². The summed E-state index contributed by atoms with van der Waals surface area (Å²) in [6.07, 6.45) is 2.20. The van der Waals surface area contributed by atoms with Crippen LogP contribution in [0, 0.1) is 0 Å². The van der Waals surface area contributed by atoms with Crippen LogP contribution in [0.3, 0.4) is 0 Å². The summed E-state index contributed by atoms with van der Waals surface area (Å²) in [5.41, 5.74) is 4.81. The molecule has 0 aliphatic heterocycles. The van der Waals surface area contributed by atoms with Crippen LogP contribution in [0.1, 0.15) is 50.2 Å². The number of carboxylic acid groups (broad SMARTS) is 1. The highest BCUT2D eigenvalue weighted by molar-refractivity contribution is 5.72. The standard InChI is InChI=1S/C20H22O2/c1-14(2)17-9-8-16(20(10-11-20)13-19(21)22)12-18(17)15-6-4-3-5-7-15/h3-9,12,14H,10-11,13H2,1-2H3,(H,21,22). The van der Waals surface area contributed by atoms with Crippen molar-refractivity contribution < 1.29 is 9.90 Å². The van der Waals surface area contributed by atoms with Gasteiger partial charge < -0.3 is 5.11 Å². The predicted octanol–water partition coefficient (Wildman–Crippen LogP) is 4.98. The Morgan fingerprint density at radius 3 is 2.36 bits per heavy atom. The van der Waals surface area contributed by atoms with Gasteiger partial charge in [-0.25, -0.2) is 0 Å². The van der Waals surface area contributed by atoms with Crippen molar-refractivity contribution in [2.24, 2.45) is 0 Å². The first-order valence-electron chi connectivity index (χ1n) is 7.93. The molecule has 2 nitrogen and oxygen atoms in total. The fraction of sp³-hybridized carbons (Fsp3) is 0.350. The van der Waals surface area contributed by atoms with Gasteiger partial charge in [0.15, 0.2) is 0 Å². The van der Waals surface area contributed by atoms with Crippen molar-refractivity contribution in [1.82, 2.24) is 0 Å². The van der Waals surface area contributed by atoms with Gasteiger partial charge in [0.05, 0.1) is 6.42 Å². The summed E-state index contributed by atoms with van der Waals surface area (Å²) >= 11 is 0. The molecule has 0 heterocycles. The van der Waals surface area contributed by atoms with Crippen LogP contribution >= 0.6 is 0 Å². The van der Waals surface area contributed by atoms with Crippen molar-refractivity contribution in [1.29, 1.82) is 0 Å². The molecule has 2 aromatic rings. The van der Waals surface area contributed by atoms with Crippen LogP contribution < -0.4 is 0 Å². The molecule has 0 amide bonds. The van der Waals surface area contributed by atoms with Crippen molar-refractivity contribution in [3.8, 4) is 11.1 Å². The minimum atomic E-state index is -0.702. The molecule has 114 valence electrons. The van der Waals surface area contributed by atoms with Crippen LogP contribution in [0.15, 0.2) is 48.5 Å². The van der Waals surface area contributed by atoms with Gasteiger partial charge in [0.1, 0.15) is 0 Å². The van der Waals surface area contributed by atoms with Gasteiger partial charge in [0.2, 0.25) is 0 Å². The Kier molecular flexibility index (Phi) is 3.78. The number of carboxylic acids is 1. The highest BCUT2D eigenvalue weighted by Gasteiger charge is 2.46. The summed E-state index contributed by atoms with van der Waals surface area (Å²) < 4.78 is 0. The lowest BCUT2D eigenvalue weighted by atomic mass is 9.85. The maximum Gasteiger partial charge on any atom is 0.304 e. The van der Waals surface area contributed by atoms with Gasteiger partial charge in [-0.15, -0.1) is 0 Å². The Morgan fingerprint density at radius 2 is 1.82 bits per heavy atom. The van der Waals surface area contributed by atoms with Gasteiger partial charge in [-0.1, -0.05) is 62.4 Å². The third-order valence-corrected chi connectivity index (χ3v) is 4.72. The summed E-state index contributed by atoms with van der Waals surface area (Å²) in [6.45, 7) is 4.40. The average Bonchev–Trinajstić information content (AvgIpc) is 3.27. The number of carbonyl (C=O) groups is 1. The van der Waals surface area contributed by atoms with Gasteiger partial charge >= 0.3 is 5.97 Å². The molecule has 2 aromatic carbocycles. The molecule has 1 fully saturated rings. The monoisotopic (exact) mass is 294 g/mol. The summed E-state index contributed by atoms with van der Waals surface area (Å²) in [4.78, 5) is 11.2. The van der Waals surface area contributed by atoms with E-state index in [9.17, 15) is 9.90 Å². The molecule has 0 bridgehead atoms. The normalized spacial score (nSPS) is 15.8. The van der Waals surface area contributed by atoms with Crippen LogP contribution in [0.2, 0.25) is 0 Å². The van der Waals surface area contributed by atoms with Gasteiger partial charge in [0.25, 0.3) is 0 Å². The van der Waals surface area contributed by atoms with E-state index in [0.29, 0.717) is 5.92 Å². The largest absolute Gasteiger partial charge is 0.481 e. The summed E-state index contributed by atoms with van der Waals surface area (Å²) in [5, 5.41) is 9.18. The topological polar surface area (TPSA) is 37.3 Å². The molecule has 0 saturated heterocycles. The lowest BCUT2D eigenvalue weighted by Crippen LogP contribution is -2.13.